The van der Waals surface area contributed by atoms with Crippen LogP contribution in [0.5, 0.6) is 5.75 Å². The number of anilines is 1. The van der Waals surface area contributed by atoms with Gasteiger partial charge in [-0.25, -0.2) is 4.79 Å². The van der Waals surface area contributed by atoms with Gasteiger partial charge in [-0.3, -0.25) is 14.5 Å². The summed E-state index contributed by atoms with van der Waals surface area (Å²) in [5.74, 6) is -2.10. The van der Waals surface area contributed by atoms with Crippen LogP contribution in [0, 0.1) is 0 Å². The highest BCUT2D eigenvalue weighted by atomic mass is 35.5. The van der Waals surface area contributed by atoms with Crippen molar-refractivity contribution >= 4 is 40.7 Å². The molecule has 1 saturated heterocycles. The minimum atomic E-state index is -0.902. The first-order valence-electron chi connectivity index (χ1n) is 11.2. The Labute approximate surface area is 213 Å². The van der Waals surface area contributed by atoms with Crippen LogP contribution in [0.15, 0.2) is 72.3 Å². The number of ether oxygens (including phenoxy) is 2. The number of halogens is 1. The summed E-state index contributed by atoms with van der Waals surface area (Å²) in [5.41, 5.74) is 2.62. The zero-order valence-electron chi connectivity index (χ0n) is 19.9. The van der Waals surface area contributed by atoms with Gasteiger partial charge in [0.25, 0.3) is 11.7 Å². The maximum Gasteiger partial charge on any atom is 0.337 e. The fraction of sp³-hybridized carbons (Fsp3) is 0.179. The first-order chi connectivity index (χ1) is 17.3. The lowest BCUT2D eigenvalue weighted by molar-refractivity contribution is -0.132. The third kappa shape index (κ3) is 4.45. The SMILES string of the molecule is CCc1ccc(C2/C(=C(/O)c3ccc(OC)c(Cl)c3)C(=O)C(=O)N2c2ccc(C(=O)OC)cc2)cc1. The first-order valence-corrected chi connectivity index (χ1v) is 11.6. The molecule has 0 aliphatic carbocycles. The monoisotopic (exact) mass is 505 g/mol. The number of benzene rings is 3. The molecule has 1 heterocycles. The van der Waals surface area contributed by atoms with Crippen LogP contribution in [0.1, 0.15) is 40.0 Å². The van der Waals surface area contributed by atoms with E-state index in [0.717, 1.165) is 12.0 Å². The molecule has 4 rings (SSSR count). The van der Waals surface area contributed by atoms with Crippen molar-refractivity contribution in [2.75, 3.05) is 19.1 Å². The molecule has 0 radical (unpaired) electrons. The quantitative estimate of drug-likeness (QED) is 0.211. The Bertz CT molecular complexity index is 1360. The molecule has 1 unspecified atom stereocenters. The van der Waals surface area contributed by atoms with Crippen LogP contribution in [-0.4, -0.2) is 37.0 Å². The van der Waals surface area contributed by atoms with Crippen molar-refractivity contribution in [3.8, 4) is 5.75 Å². The third-order valence-corrected chi connectivity index (χ3v) is 6.44. The van der Waals surface area contributed by atoms with Gasteiger partial charge in [0.05, 0.1) is 36.4 Å². The van der Waals surface area contributed by atoms with E-state index in [0.29, 0.717) is 22.6 Å². The summed E-state index contributed by atoms with van der Waals surface area (Å²) < 4.78 is 9.92. The molecule has 0 saturated carbocycles. The van der Waals surface area contributed by atoms with Gasteiger partial charge < -0.3 is 14.6 Å². The summed E-state index contributed by atoms with van der Waals surface area (Å²) in [5, 5.41) is 11.5. The molecule has 0 bridgehead atoms. The Morgan fingerprint density at radius 2 is 1.61 bits per heavy atom. The van der Waals surface area contributed by atoms with Gasteiger partial charge in [-0.2, -0.15) is 0 Å². The zero-order valence-corrected chi connectivity index (χ0v) is 20.7. The van der Waals surface area contributed by atoms with Crippen molar-refractivity contribution in [3.63, 3.8) is 0 Å². The van der Waals surface area contributed by atoms with Crippen LogP contribution in [0.4, 0.5) is 5.69 Å². The van der Waals surface area contributed by atoms with Gasteiger partial charge in [0.15, 0.2) is 0 Å². The number of Topliss-reactive ketones (excluding diaryl/α,β-unsaturated/α-hetero) is 1. The Kier molecular flexibility index (Phi) is 7.12. The topological polar surface area (TPSA) is 93.1 Å². The number of rotatable bonds is 6. The predicted octanol–water partition coefficient (Wildman–Crippen LogP) is 5.32. The van der Waals surface area contributed by atoms with Gasteiger partial charge in [0.2, 0.25) is 0 Å². The van der Waals surface area contributed by atoms with Gasteiger partial charge in [-0.05, 0) is 60.0 Å². The van der Waals surface area contributed by atoms with Crippen molar-refractivity contribution < 1.29 is 29.0 Å². The summed E-state index contributed by atoms with van der Waals surface area (Å²) in [7, 11) is 2.75. The van der Waals surface area contributed by atoms with E-state index in [1.807, 2.05) is 31.2 Å². The highest BCUT2D eigenvalue weighted by Crippen LogP contribution is 2.42. The van der Waals surface area contributed by atoms with Gasteiger partial charge in [-0.1, -0.05) is 42.8 Å². The van der Waals surface area contributed by atoms with Crippen molar-refractivity contribution in [1.29, 1.82) is 0 Å². The molecule has 7 nitrogen and oxygen atoms in total. The van der Waals surface area contributed by atoms with E-state index in [1.54, 1.807) is 24.3 Å². The number of esters is 1. The average Bonchev–Trinajstić information content (AvgIpc) is 3.17. The molecule has 3 aromatic carbocycles. The minimum absolute atomic E-state index is 0.0671. The predicted molar refractivity (Wildman–Crippen MR) is 136 cm³/mol. The van der Waals surface area contributed by atoms with Crippen molar-refractivity contribution in [2.24, 2.45) is 0 Å². The zero-order chi connectivity index (χ0) is 26.0. The van der Waals surface area contributed by atoms with Crippen LogP contribution in [0.3, 0.4) is 0 Å². The second kappa shape index (κ2) is 10.3. The lowest BCUT2D eigenvalue weighted by Crippen LogP contribution is -2.29. The fourth-order valence-corrected chi connectivity index (χ4v) is 4.45. The summed E-state index contributed by atoms with van der Waals surface area (Å²) in [6.07, 6.45) is 0.819. The number of hydrogen-bond donors (Lipinski definition) is 1. The highest BCUT2D eigenvalue weighted by Gasteiger charge is 2.47. The van der Waals surface area contributed by atoms with Gasteiger partial charge in [-0.15, -0.1) is 0 Å². The van der Waals surface area contributed by atoms with Gasteiger partial charge >= 0.3 is 5.97 Å². The number of carbonyl (C=O) groups excluding carboxylic acids is 3. The smallest absolute Gasteiger partial charge is 0.337 e. The van der Waals surface area contributed by atoms with E-state index in [1.165, 1.54) is 37.3 Å². The van der Waals surface area contributed by atoms with Crippen LogP contribution < -0.4 is 9.64 Å². The Hall–Kier alpha value is -4.10. The summed E-state index contributed by atoms with van der Waals surface area (Å²) in [6, 6.07) is 17.4. The molecule has 36 heavy (non-hydrogen) atoms. The molecule has 3 aromatic rings. The lowest BCUT2D eigenvalue weighted by Gasteiger charge is -2.25. The van der Waals surface area contributed by atoms with Gasteiger partial charge in [0.1, 0.15) is 11.5 Å². The molecular weight excluding hydrogens is 482 g/mol. The number of aryl methyl sites for hydroxylation is 1. The van der Waals surface area contributed by atoms with E-state index >= 15 is 0 Å². The number of ketones is 1. The molecule has 1 fully saturated rings. The van der Waals surface area contributed by atoms with E-state index in [4.69, 9.17) is 21.1 Å². The number of carbonyl (C=O) groups is 3. The number of aliphatic hydroxyl groups excluding tert-OH is 1. The normalized spacial score (nSPS) is 16.8. The summed E-state index contributed by atoms with van der Waals surface area (Å²) in [6.45, 7) is 2.03. The molecule has 0 spiro atoms. The molecule has 184 valence electrons. The molecule has 0 aromatic heterocycles. The van der Waals surface area contributed by atoms with E-state index in [-0.39, 0.29) is 21.9 Å². The summed E-state index contributed by atoms with van der Waals surface area (Å²) in [4.78, 5) is 39.8. The first kappa shape index (κ1) is 25.0. The van der Waals surface area contributed by atoms with Gasteiger partial charge in [0, 0.05) is 11.3 Å². The average molecular weight is 506 g/mol. The lowest BCUT2D eigenvalue weighted by atomic mass is 9.94. The third-order valence-electron chi connectivity index (χ3n) is 6.14. The van der Waals surface area contributed by atoms with Crippen LogP contribution in [0.2, 0.25) is 5.02 Å². The second-order valence-electron chi connectivity index (χ2n) is 8.15. The molecule has 1 aliphatic rings. The standard InChI is InChI=1S/C28H24ClNO6/c1-4-16-5-7-17(8-6-16)24-23(25(31)19-11-14-22(35-2)21(29)15-19)26(32)27(33)30(24)20-12-9-18(10-13-20)28(34)36-3/h5-15,24,31H,4H2,1-3H3/b25-23-. The minimum Gasteiger partial charge on any atom is -0.507 e. The number of hydrogen-bond acceptors (Lipinski definition) is 6. The fourth-order valence-electron chi connectivity index (χ4n) is 4.20. The largest absolute Gasteiger partial charge is 0.507 e. The number of aliphatic hydroxyl groups is 1. The summed E-state index contributed by atoms with van der Waals surface area (Å²) >= 11 is 6.25. The van der Waals surface area contributed by atoms with E-state index in [9.17, 15) is 19.5 Å². The van der Waals surface area contributed by atoms with E-state index < -0.39 is 23.7 Å². The number of nitrogens with zero attached hydrogens (tertiary/aromatic N) is 1. The van der Waals surface area contributed by atoms with Crippen molar-refractivity contribution in [1.82, 2.24) is 0 Å². The molecular formula is C28H24ClNO6. The maximum atomic E-state index is 13.3. The molecule has 1 amide bonds. The van der Waals surface area contributed by atoms with Crippen LogP contribution in [0.25, 0.3) is 5.76 Å². The Balaban J connectivity index is 1.89. The van der Waals surface area contributed by atoms with Crippen LogP contribution in [-0.2, 0) is 20.7 Å². The molecule has 1 aliphatic heterocycles. The molecule has 8 heteroatoms. The van der Waals surface area contributed by atoms with E-state index in [2.05, 4.69) is 0 Å². The number of methoxy groups -OCH3 is 2. The maximum absolute atomic E-state index is 13.3. The van der Waals surface area contributed by atoms with Crippen molar-refractivity contribution in [2.45, 2.75) is 19.4 Å². The Morgan fingerprint density at radius 1 is 0.972 bits per heavy atom. The van der Waals surface area contributed by atoms with Crippen molar-refractivity contribution in [3.05, 3.63) is 99.6 Å². The van der Waals surface area contributed by atoms with Crippen LogP contribution >= 0.6 is 11.6 Å². The molecule has 1 atom stereocenters. The highest BCUT2D eigenvalue weighted by molar-refractivity contribution is 6.51. The molecule has 1 N–H and O–H groups in total. The Morgan fingerprint density at radius 3 is 2.17 bits per heavy atom. The number of amides is 1. The second-order valence-corrected chi connectivity index (χ2v) is 8.56.